The highest BCUT2D eigenvalue weighted by Gasteiger charge is 2.26. The Morgan fingerprint density at radius 1 is 1.25 bits per heavy atom. The average Bonchev–Trinajstić information content (AvgIpc) is 2.80. The van der Waals surface area contributed by atoms with Crippen LogP contribution in [0.5, 0.6) is 0 Å². The molecule has 2 N–H and O–H groups in total. The molecule has 0 unspecified atom stereocenters. The first kappa shape index (κ1) is 12.7. The van der Waals surface area contributed by atoms with Crippen molar-refractivity contribution in [3.05, 3.63) is 53.1 Å². The van der Waals surface area contributed by atoms with Crippen LogP contribution in [0.4, 0.5) is 11.4 Å². The van der Waals surface area contributed by atoms with E-state index < -0.39 is 7.12 Å². The van der Waals surface area contributed by atoms with Crippen LogP contribution >= 0.6 is 0 Å². The third-order valence-electron chi connectivity index (χ3n) is 3.44. The van der Waals surface area contributed by atoms with Gasteiger partial charge in [-0.15, -0.1) is 0 Å². The highest BCUT2D eigenvalue weighted by Crippen LogP contribution is 2.21. The summed E-state index contributed by atoms with van der Waals surface area (Å²) in [7, 11) is -0.809. The van der Waals surface area contributed by atoms with Gasteiger partial charge in [0.2, 0.25) is 0 Å². The van der Waals surface area contributed by atoms with E-state index in [1.165, 1.54) is 0 Å². The van der Waals surface area contributed by atoms with Crippen molar-refractivity contribution in [1.82, 2.24) is 0 Å². The molecule has 0 amide bonds. The second-order valence-electron chi connectivity index (χ2n) is 4.84. The second kappa shape index (κ2) is 5.01. The number of fused-ring (bicyclic) bond motifs is 1. The van der Waals surface area contributed by atoms with Crippen molar-refractivity contribution in [3.63, 3.8) is 0 Å². The van der Waals surface area contributed by atoms with E-state index in [-0.39, 0.29) is 0 Å². The number of hydrogen-bond donors (Lipinski definition) is 2. The first-order valence-electron chi connectivity index (χ1n) is 6.37. The van der Waals surface area contributed by atoms with Crippen LogP contribution in [-0.2, 0) is 11.3 Å². The third kappa shape index (κ3) is 2.27. The molecule has 2 aromatic carbocycles. The van der Waals surface area contributed by atoms with E-state index >= 15 is 0 Å². The van der Waals surface area contributed by atoms with Crippen LogP contribution in [-0.4, -0.2) is 12.1 Å². The Bertz CT molecular complexity index is 710. The van der Waals surface area contributed by atoms with Gasteiger partial charge in [-0.3, -0.25) is 0 Å². The lowest BCUT2D eigenvalue weighted by molar-refractivity contribution is 0.275. The summed E-state index contributed by atoms with van der Waals surface area (Å²) in [6, 6.07) is 13.5. The molecule has 1 aliphatic heterocycles. The zero-order chi connectivity index (χ0) is 14.1. The van der Waals surface area contributed by atoms with E-state index in [2.05, 4.69) is 11.4 Å². The molecular weight excluding hydrogens is 251 g/mol. The Balaban J connectivity index is 1.85. The van der Waals surface area contributed by atoms with E-state index in [0.29, 0.717) is 12.2 Å². The molecule has 4 nitrogen and oxygen atoms in total. The lowest BCUT2D eigenvalue weighted by Crippen LogP contribution is -2.27. The Hall–Kier alpha value is -2.29. The number of anilines is 2. The number of nitrogens with zero attached hydrogens (tertiary/aromatic N) is 1. The first-order valence-corrected chi connectivity index (χ1v) is 6.37. The molecule has 0 spiro atoms. The SMILES string of the molecule is Cc1cc(Nc2ccc3c(c2)COB3O)ccc1C#N. The quantitative estimate of drug-likeness (QED) is 0.812. The molecule has 0 fully saturated rings. The minimum Gasteiger partial charge on any atom is -0.423 e. The summed E-state index contributed by atoms with van der Waals surface area (Å²) in [5.74, 6) is 0. The highest BCUT2D eigenvalue weighted by molar-refractivity contribution is 6.61. The lowest BCUT2D eigenvalue weighted by Gasteiger charge is -2.09. The van der Waals surface area contributed by atoms with Gasteiger partial charge in [-0.2, -0.15) is 5.26 Å². The lowest BCUT2D eigenvalue weighted by atomic mass is 9.79. The van der Waals surface area contributed by atoms with Crippen molar-refractivity contribution in [2.24, 2.45) is 0 Å². The van der Waals surface area contributed by atoms with Gasteiger partial charge < -0.3 is 15.0 Å². The van der Waals surface area contributed by atoms with Crippen LogP contribution in [0.1, 0.15) is 16.7 Å². The van der Waals surface area contributed by atoms with Gasteiger partial charge in [-0.05, 0) is 53.8 Å². The first-order chi connectivity index (χ1) is 9.67. The molecule has 0 atom stereocenters. The van der Waals surface area contributed by atoms with Crippen molar-refractivity contribution in [2.45, 2.75) is 13.5 Å². The normalized spacial score (nSPS) is 12.9. The van der Waals surface area contributed by atoms with Crippen LogP contribution in [0.2, 0.25) is 0 Å². The molecule has 0 aliphatic carbocycles. The Kier molecular flexibility index (Phi) is 3.19. The van der Waals surface area contributed by atoms with Gasteiger partial charge in [0.15, 0.2) is 0 Å². The average molecular weight is 264 g/mol. The molecule has 0 saturated carbocycles. The maximum Gasteiger partial charge on any atom is 0.491 e. The Morgan fingerprint density at radius 3 is 2.75 bits per heavy atom. The maximum absolute atomic E-state index is 9.58. The topological polar surface area (TPSA) is 65.3 Å². The predicted octanol–water partition coefficient (Wildman–Crippen LogP) is 1.83. The molecule has 1 aliphatic rings. The zero-order valence-electron chi connectivity index (χ0n) is 11.1. The summed E-state index contributed by atoms with van der Waals surface area (Å²) < 4.78 is 5.17. The zero-order valence-corrected chi connectivity index (χ0v) is 11.1. The fourth-order valence-corrected chi connectivity index (χ4v) is 2.34. The fraction of sp³-hybridized carbons (Fsp3) is 0.133. The van der Waals surface area contributed by atoms with Gasteiger partial charge in [0.05, 0.1) is 18.2 Å². The Morgan fingerprint density at radius 2 is 2.00 bits per heavy atom. The highest BCUT2D eigenvalue weighted by atomic mass is 16.5. The molecular formula is C15H13BN2O2. The van der Waals surface area contributed by atoms with E-state index in [4.69, 9.17) is 9.92 Å². The summed E-state index contributed by atoms with van der Waals surface area (Å²) in [5, 5.41) is 21.8. The molecule has 0 bridgehead atoms. The second-order valence-corrected chi connectivity index (χ2v) is 4.84. The number of hydrogen-bond acceptors (Lipinski definition) is 4. The molecule has 2 aromatic rings. The van der Waals surface area contributed by atoms with E-state index in [9.17, 15) is 5.02 Å². The van der Waals surface area contributed by atoms with E-state index in [1.54, 1.807) is 6.07 Å². The minimum absolute atomic E-state index is 0.429. The van der Waals surface area contributed by atoms with Gasteiger partial charge in [-0.25, -0.2) is 0 Å². The molecule has 5 heteroatoms. The predicted molar refractivity (Wildman–Crippen MR) is 78.0 cm³/mol. The van der Waals surface area contributed by atoms with Crippen LogP contribution < -0.4 is 10.8 Å². The summed E-state index contributed by atoms with van der Waals surface area (Å²) >= 11 is 0. The molecule has 1 heterocycles. The molecule has 20 heavy (non-hydrogen) atoms. The van der Waals surface area contributed by atoms with Crippen LogP contribution in [0.15, 0.2) is 36.4 Å². The van der Waals surface area contributed by atoms with Crippen molar-refractivity contribution >= 4 is 24.0 Å². The molecule has 0 radical (unpaired) electrons. The number of benzene rings is 2. The van der Waals surface area contributed by atoms with E-state index in [0.717, 1.165) is 28.0 Å². The number of aryl methyl sites for hydroxylation is 1. The van der Waals surface area contributed by atoms with Crippen LogP contribution in [0.3, 0.4) is 0 Å². The standard InChI is InChI=1S/C15H13BN2O2/c1-10-6-13(3-2-11(10)8-17)18-14-4-5-15-12(7-14)9-20-16(15)19/h2-7,18-19H,9H2,1H3. The van der Waals surface area contributed by atoms with Crippen LogP contribution in [0, 0.1) is 18.3 Å². The summed E-state index contributed by atoms with van der Waals surface area (Å²) in [5.41, 5.74) is 5.31. The monoisotopic (exact) mass is 264 g/mol. The molecule has 0 saturated heterocycles. The number of rotatable bonds is 2. The van der Waals surface area contributed by atoms with Crippen molar-refractivity contribution < 1.29 is 9.68 Å². The third-order valence-corrected chi connectivity index (χ3v) is 3.44. The largest absolute Gasteiger partial charge is 0.491 e. The fourth-order valence-electron chi connectivity index (χ4n) is 2.34. The smallest absolute Gasteiger partial charge is 0.423 e. The molecule has 0 aromatic heterocycles. The maximum atomic E-state index is 9.58. The summed E-state index contributed by atoms with van der Waals surface area (Å²) in [6.45, 7) is 2.34. The van der Waals surface area contributed by atoms with Gasteiger partial charge in [0.25, 0.3) is 0 Å². The van der Waals surface area contributed by atoms with Crippen molar-refractivity contribution in [2.75, 3.05) is 5.32 Å². The minimum atomic E-state index is -0.809. The van der Waals surface area contributed by atoms with Crippen molar-refractivity contribution in [1.29, 1.82) is 5.26 Å². The molecule has 98 valence electrons. The Labute approximate surface area is 117 Å². The summed E-state index contributed by atoms with van der Waals surface area (Å²) in [4.78, 5) is 0. The molecule has 3 rings (SSSR count). The number of nitriles is 1. The van der Waals surface area contributed by atoms with Crippen LogP contribution in [0.25, 0.3) is 0 Å². The number of nitrogens with one attached hydrogen (secondary N) is 1. The summed E-state index contributed by atoms with van der Waals surface area (Å²) in [6.07, 6.45) is 0. The van der Waals surface area contributed by atoms with Gasteiger partial charge in [0, 0.05) is 11.4 Å². The van der Waals surface area contributed by atoms with Gasteiger partial charge >= 0.3 is 7.12 Å². The van der Waals surface area contributed by atoms with Crippen molar-refractivity contribution in [3.8, 4) is 6.07 Å². The van der Waals surface area contributed by atoms with Gasteiger partial charge in [0.1, 0.15) is 0 Å². The van der Waals surface area contributed by atoms with E-state index in [1.807, 2.05) is 37.3 Å². The van der Waals surface area contributed by atoms with Gasteiger partial charge in [-0.1, -0.05) is 6.07 Å².